The number of aromatic nitrogens is 2. The van der Waals surface area contributed by atoms with Crippen molar-refractivity contribution in [3.05, 3.63) is 57.0 Å². The molecule has 0 unspecified atom stereocenters. The summed E-state index contributed by atoms with van der Waals surface area (Å²) < 4.78 is 77.8. The average molecular weight is 590 g/mol. The number of halogens is 6. The molecule has 0 N–H and O–H groups in total. The number of piperazine rings is 1. The Morgan fingerprint density at radius 3 is 2.20 bits per heavy atom. The van der Waals surface area contributed by atoms with Gasteiger partial charge in [-0.25, -0.2) is 4.98 Å². The number of alkyl halides is 6. The molecule has 0 radical (unpaired) electrons. The highest BCUT2D eigenvalue weighted by atomic mass is 32.1. The van der Waals surface area contributed by atoms with Crippen LogP contribution in [0.3, 0.4) is 0 Å². The molecular weight excluding hydrogens is 564 g/mol. The SMILES string of the molecule is CCN(CC(F)(F)F)C(=O)Cn1cnc2sc(C(=O)N3CCN(c4ccc(C(F)(F)F)cc4)CC3)c(C)c2c1=O. The molecular formula is C25H25F6N5O3S. The summed E-state index contributed by atoms with van der Waals surface area (Å²) in [5.41, 5.74) is -0.418. The van der Waals surface area contributed by atoms with Crippen LogP contribution in [0, 0.1) is 6.92 Å². The highest BCUT2D eigenvalue weighted by molar-refractivity contribution is 7.20. The molecule has 2 aromatic heterocycles. The Labute approximate surface area is 228 Å². The second-order valence-electron chi connectivity index (χ2n) is 9.26. The summed E-state index contributed by atoms with van der Waals surface area (Å²) >= 11 is 1.01. The number of carbonyl (C=O) groups excluding carboxylic acids is 2. The van der Waals surface area contributed by atoms with Crippen molar-refractivity contribution in [2.45, 2.75) is 32.7 Å². The first-order valence-electron chi connectivity index (χ1n) is 12.2. The fraction of sp³-hybridized carbons (Fsp3) is 0.440. The van der Waals surface area contributed by atoms with E-state index in [0.29, 0.717) is 42.3 Å². The summed E-state index contributed by atoms with van der Waals surface area (Å²) in [5, 5.41) is 0.117. The number of rotatable bonds is 6. The lowest BCUT2D eigenvalue weighted by Crippen LogP contribution is -2.48. The Bertz CT molecular complexity index is 1460. The maximum Gasteiger partial charge on any atom is 0.416 e. The smallest absolute Gasteiger partial charge is 0.368 e. The van der Waals surface area contributed by atoms with E-state index < -0.39 is 42.5 Å². The van der Waals surface area contributed by atoms with Gasteiger partial charge in [-0.05, 0) is 43.7 Å². The fourth-order valence-electron chi connectivity index (χ4n) is 4.49. The molecule has 0 aliphatic carbocycles. The van der Waals surface area contributed by atoms with Gasteiger partial charge in [0.25, 0.3) is 11.5 Å². The van der Waals surface area contributed by atoms with Gasteiger partial charge in [0, 0.05) is 38.4 Å². The van der Waals surface area contributed by atoms with Gasteiger partial charge in [0.1, 0.15) is 17.9 Å². The molecule has 0 spiro atoms. The Kier molecular flexibility index (Phi) is 8.15. The standard InChI is InChI=1S/C25H25F6N5O3S/c1-3-33(13-24(26,27)28)18(37)12-36-14-32-21-19(22(36)38)15(2)20(40-21)23(39)35-10-8-34(9-11-35)17-6-4-16(5-7-17)25(29,30)31/h4-7,14H,3,8-13H2,1-2H3. The number of fused-ring (bicyclic) bond motifs is 1. The minimum atomic E-state index is -4.58. The third kappa shape index (κ3) is 6.24. The van der Waals surface area contributed by atoms with Crippen LogP contribution in [0.5, 0.6) is 0 Å². The molecule has 1 aromatic carbocycles. The first-order chi connectivity index (χ1) is 18.7. The van der Waals surface area contributed by atoms with Crippen LogP contribution in [-0.4, -0.2) is 76.6 Å². The lowest BCUT2D eigenvalue weighted by molar-refractivity contribution is -0.161. The van der Waals surface area contributed by atoms with Crippen molar-refractivity contribution in [3.63, 3.8) is 0 Å². The van der Waals surface area contributed by atoms with E-state index in [1.807, 2.05) is 4.90 Å². The zero-order valence-electron chi connectivity index (χ0n) is 21.5. The molecule has 0 saturated carbocycles. The van der Waals surface area contributed by atoms with E-state index >= 15 is 0 Å². The van der Waals surface area contributed by atoms with Crippen molar-refractivity contribution in [1.82, 2.24) is 19.4 Å². The van der Waals surface area contributed by atoms with Crippen LogP contribution in [-0.2, 0) is 17.5 Å². The molecule has 3 heterocycles. The van der Waals surface area contributed by atoms with E-state index in [4.69, 9.17) is 0 Å². The van der Waals surface area contributed by atoms with Crippen LogP contribution < -0.4 is 10.5 Å². The molecule has 15 heteroatoms. The Hall–Kier alpha value is -3.62. The van der Waals surface area contributed by atoms with Crippen molar-refractivity contribution in [3.8, 4) is 0 Å². The molecule has 216 valence electrons. The second-order valence-corrected chi connectivity index (χ2v) is 10.3. The number of likely N-dealkylation sites (N-methyl/N-ethyl adjacent to an activating group) is 1. The molecule has 1 aliphatic rings. The lowest BCUT2D eigenvalue weighted by Gasteiger charge is -2.36. The third-order valence-corrected chi connectivity index (χ3v) is 7.84. The van der Waals surface area contributed by atoms with Gasteiger partial charge in [-0.1, -0.05) is 0 Å². The summed E-state index contributed by atoms with van der Waals surface area (Å²) in [4.78, 5) is 47.6. The molecule has 2 amide bonds. The maximum absolute atomic E-state index is 13.3. The van der Waals surface area contributed by atoms with Gasteiger partial charge < -0.3 is 14.7 Å². The number of nitrogens with zero attached hydrogens (tertiary/aromatic N) is 5. The zero-order chi connectivity index (χ0) is 29.4. The zero-order valence-corrected chi connectivity index (χ0v) is 22.3. The molecule has 3 aromatic rings. The Morgan fingerprint density at radius 1 is 1.02 bits per heavy atom. The van der Waals surface area contributed by atoms with E-state index in [9.17, 15) is 40.7 Å². The molecule has 1 aliphatic heterocycles. The monoisotopic (exact) mass is 589 g/mol. The summed E-state index contributed by atoms with van der Waals surface area (Å²) in [6, 6.07) is 4.80. The summed E-state index contributed by atoms with van der Waals surface area (Å²) in [6.45, 7) is 2.09. The minimum Gasteiger partial charge on any atom is -0.368 e. The molecule has 40 heavy (non-hydrogen) atoms. The van der Waals surface area contributed by atoms with Gasteiger partial charge >= 0.3 is 12.4 Å². The highest BCUT2D eigenvalue weighted by Crippen LogP contribution is 2.31. The Balaban J connectivity index is 1.47. The molecule has 4 rings (SSSR count). The number of hydrogen-bond acceptors (Lipinski definition) is 6. The molecule has 0 atom stereocenters. The number of benzene rings is 1. The Morgan fingerprint density at radius 2 is 1.65 bits per heavy atom. The summed E-state index contributed by atoms with van der Waals surface area (Å²) in [7, 11) is 0. The predicted molar refractivity (Wildman–Crippen MR) is 136 cm³/mol. The van der Waals surface area contributed by atoms with E-state index in [1.165, 1.54) is 19.1 Å². The van der Waals surface area contributed by atoms with E-state index in [1.54, 1.807) is 11.8 Å². The van der Waals surface area contributed by atoms with Crippen molar-refractivity contribution in [2.24, 2.45) is 0 Å². The van der Waals surface area contributed by atoms with E-state index in [2.05, 4.69) is 4.98 Å². The number of carbonyl (C=O) groups is 2. The van der Waals surface area contributed by atoms with Gasteiger partial charge in [0.2, 0.25) is 5.91 Å². The van der Waals surface area contributed by atoms with Crippen molar-refractivity contribution in [2.75, 3.05) is 44.2 Å². The van der Waals surface area contributed by atoms with Crippen LogP contribution >= 0.6 is 11.3 Å². The first-order valence-corrected chi connectivity index (χ1v) is 13.1. The minimum absolute atomic E-state index is 0.117. The van der Waals surface area contributed by atoms with Gasteiger partial charge in [0.15, 0.2) is 0 Å². The number of thiophene rings is 1. The first kappa shape index (κ1) is 29.4. The van der Waals surface area contributed by atoms with Crippen LogP contribution in [0.1, 0.15) is 27.7 Å². The average Bonchev–Trinajstić information content (AvgIpc) is 3.24. The largest absolute Gasteiger partial charge is 0.416 e. The van der Waals surface area contributed by atoms with Crippen LogP contribution in [0.4, 0.5) is 32.0 Å². The molecule has 8 nitrogen and oxygen atoms in total. The van der Waals surface area contributed by atoms with Crippen LogP contribution in [0.25, 0.3) is 10.2 Å². The normalized spacial score (nSPS) is 14.6. The van der Waals surface area contributed by atoms with Gasteiger partial charge in [-0.15, -0.1) is 11.3 Å². The van der Waals surface area contributed by atoms with Crippen molar-refractivity contribution >= 4 is 39.1 Å². The van der Waals surface area contributed by atoms with Crippen molar-refractivity contribution < 1.29 is 35.9 Å². The molecule has 1 saturated heterocycles. The van der Waals surface area contributed by atoms with Crippen LogP contribution in [0.2, 0.25) is 0 Å². The van der Waals surface area contributed by atoms with Gasteiger partial charge in [-0.2, -0.15) is 26.3 Å². The van der Waals surface area contributed by atoms with Gasteiger partial charge in [0.05, 0.1) is 22.2 Å². The topological polar surface area (TPSA) is 78.8 Å². The number of anilines is 1. The fourth-order valence-corrected chi connectivity index (χ4v) is 5.59. The van der Waals surface area contributed by atoms with Crippen LogP contribution in [0.15, 0.2) is 35.4 Å². The second kappa shape index (κ2) is 11.1. The van der Waals surface area contributed by atoms with E-state index in [-0.39, 0.29) is 27.5 Å². The maximum atomic E-state index is 13.3. The summed E-state index contributed by atoms with van der Waals surface area (Å²) in [6.07, 6.45) is -7.93. The highest BCUT2D eigenvalue weighted by Gasteiger charge is 2.33. The summed E-state index contributed by atoms with van der Waals surface area (Å²) in [5.74, 6) is -1.23. The quantitative estimate of drug-likeness (QED) is 0.404. The third-order valence-electron chi connectivity index (χ3n) is 6.65. The van der Waals surface area contributed by atoms with Gasteiger partial charge in [-0.3, -0.25) is 19.0 Å². The molecule has 0 bridgehead atoms. The number of aryl methyl sites for hydroxylation is 1. The van der Waals surface area contributed by atoms with E-state index in [0.717, 1.165) is 34.4 Å². The predicted octanol–water partition coefficient (Wildman–Crippen LogP) is 4.16. The molecule has 1 fully saturated rings. The lowest BCUT2D eigenvalue weighted by atomic mass is 10.1. The number of hydrogen-bond donors (Lipinski definition) is 0. The number of amides is 2. The van der Waals surface area contributed by atoms with Crippen molar-refractivity contribution in [1.29, 1.82) is 0 Å².